The van der Waals surface area contributed by atoms with Crippen LogP contribution in [0.25, 0.3) is 0 Å². The maximum absolute atomic E-state index is 12.9. The van der Waals surface area contributed by atoms with Gasteiger partial charge in [0.05, 0.1) is 19.8 Å². The van der Waals surface area contributed by atoms with Gasteiger partial charge in [0.2, 0.25) is 11.9 Å². The first-order valence-electron chi connectivity index (χ1n) is 11.1. The molecule has 31 heavy (non-hydrogen) atoms. The van der Waals surface area contributed by atoms with Crippen molar-refractivity contribution in [3.8, 4) is 0 Å². The molecule has 0 aliphatic carbocycles. The molecule has 2 aromatic heterocycles. The number of rotatable bonds is 5. The van der Waals surface area contributed by atoms with Crippen molar-refractivity contribution in [1.29, 1.82) is 0 Å². The second-order valence-corrected chi connectivity index (χ2v) is 8.59. The van der Waals surface area contributed by atoms with Gasteiger partial charge < -0.3 is 15.0 Å². The molecule has 1 atom stereocenters. The molecule has 1 amide bonds. The molecule has 0 spiro atoms. The van der Waals surface area contributed by atoms with Gasteiger partial charge in [0.1, 0.15) is 0 Å². The number of nitrogens with one attached hydrogen (secondary N) is 1. The van der Waals surface area contributed by atoms with Crippen molar-refractivity contribution in [1.82, 2.24) is 24.8 Å². The van der Waals surface area contributed by atoms with Crippen molar-refractivity contribution in [2.45, 2.75) is 39.5 Å². The van der Waals surface area contributed by atoms with Crippen molar-refractivity contribution in [3.63, 3.8) is 0 Å². The van der Waals surface area contributed by atoms with Crippen LogP contribution in [0.15, 0.2) is 18.2 Å². The Morgan fingerprint density at radius 2 is 1.74 bits per heavy atom. The Labute approximate surface area is 184 Å². The molecule has 4 heterocycles. The van der Waals surface area contributed by atoms with Crippen molar-refractivity contribution < 1.29 is 9.53 Å². The summed E-state index contributed by atoms with van der Waals surface area (Å²) < 4.78 is 5.39. The summed E-state index contributed by atoms with van der Waals surface area (Å²) >= 11 is 0. The summed E-state index contributed by atoms with van der Waals surface area (Å²) in [5.41, 5.74) is 4.77. The fraction of sp³-hybridized carbons (Fsp3) is 0.565. The van der Waals surface area contributed by atoms with Crippen molar-refractivity contribution in [2.24, 2.45) is 0 Å². The quantitative estimate of drug-likeness (QED) is 0.790. The first-order valence-corrected chi connectivity index (χ1v) is 11.1. The van der Waals surface area contributed by atoms with Crippen LogP contribution < -0.4 is 5.32 Å². The molecule has 2 saturated heterocycles. The maximum Gasteiger partial charge on any atom is 0.236 e. The van der Waals surface area contributed by atoms with Gasteiger partial charge in [-0.15, -0.1) is 0 Å². The molecule has 2 aromatic rings. The predicted molar refractivity (Wildman–Crippen MR) is 120 cm³/mol. The number of nitrogens with zero attached hydrogens (tertiary/aromatic N) is 5. The van der Waals surface area contributed by atoms with Crippen molar-refractivity contribution in [2.75, 3.05) is 51.3 Å². The number of aryl methyl sites for hydroxylation is 3. The molecule has 8 heteroatoms. The maximum atomic E-state index is 12.9. The van der Waals surface area contributed by atoms with Gasteiger partial charge in [-0.2, -0.15) is 0 Å². The van der Waals surface area contributed by atoms with Crippen LogP contribution in [0.3, 0.4) is 0 Å². The van der Waals surface area contributed by atoms with Crippen molar-refractivity contribution in [3.05, 3.63) is 41.0 Å². The average Bonchev–Trinajstić information content (AvgIpc) is 2.73. The zero-order chi connectivity index (χ0) is 21.8. The lowest BCUT2D eigenvalue weighted by molar-refractivity contribution is -0.134. The van der Waals surface area contributed by atoms with E-state index in [1.165, 1.54) is 0 Å². The minimum atomic E-state index is 0.209. The van der Waals surface area contributed by atoms with E-state index in [2.05, 4.69) is 26.3 Å². The molecule has 0 radical (unpaired) electrons. The summed E-state index contributed by atoms with van der Waals surface area (Å²) in [6, 6.07) is 6.04. The molecule has 4 rings (SSSR count). The van der Waals surface area contributed by atoms with E-state index < -0.39 is 0 Å². The SMILES string of the molecule is Cc1cc(Nc2nc(C)cc(C)n2)cc([C@@H]2CCCN(C(=O)CN3CCOCC3)C2)n1. The normalized spacial score (nSPS) is 20.0. The molecule has 2 aliphatic rings. The summed E-state index contributed by atoms with van der Waals surface area (Å²) in [6.45, 7) is 11.0. The summed E-state index contributed by atoms with van der Waals surface area (Å²) in [7, 11) is 0. The molecular formula is C23H32N6O2. The van der Waals surface area contributed by atoms with Gasteiger partial charge in [-0.05, 0) is 51.8 Å². The van der Waals surface area contributed by atoms with Crippen LogP contribution in [0.5, 0.6) is 0 Å². The van der Waals surface area contributed by atoms with Gasteiger partial charge >= 0.3 is 0 Å². The van der Waals surface area contributed by atoms with E-state index in [0.717, 1.165) is 67.5 Å². The average molecular weight is 425 g/mol. The Morgan fingerprint density at radius 3 is 2.48 bits per heavy atom. The highest BCUT2D eigenvalue weighted by Crippen LogP contribution is 2.28. The third-order valence-corrected chi connectivity index (χ3v) is 5.87. The molecule has 0 bridgehead atoms. The third kappa shape index (κ3) is 5.77. The number of ether oxygens (including phenoxy) is 1. The molecule has 0 unspecified atom stereocenters. The molecule has 0 saturated carbocycles. The number of carbonyl (C=O) groups is 1. The van der Waals surface area contributed by atoms with E-state index >= 15 is 0 Å². The Bertz CT molecular complexity index is 908. The fourth-order valence-corrected chi connectivity index (χ4v) is 4.38. The van der Waals surface area contributed by atoms with Gasteiger partial charge in [-0.25, -0.2) is 9.97 Å². The standard InChI is InChI=1S/C23H32N6O2/c1-16-11-17(2)26-23(25-16)27-20-12-18(3)24-21(13-20)19-5-4-6-29(14-19)22(30)15-28-7-9-31-10-8-28/h11-13,19H,4-10,14-15H2,1-3H3,(H,24,25,26,27)/t19-/m1/s1. The number of carbonyl (C=O) groups excluding carboxylic acids is 1. The Morgan fingerprint density at radius 1 is 1.03 bits per heavy atom. The van der Waals surface area contributed by atoms with Crippen LogP contribution in [0.2, 0.25) is 0 Å². The molecule has 1 N–H and O–H groups in total. The Kier molecular flexibility index (Phi) is 6.77. The summed E-state index contributed by atoms with van der Waals surface area (Å²) in [5, 5.41) is 3.33. The number of likely N-dealkylation sites (tertiary alicyclic amines) is 1. The van der Waals surface area contributed by atoms with Crippen LogP contribution in [0.4, 0.5) is 11.6 Å². The second-order valence-electron chi connectivity index (χ2n) is 8.59. The summed E-state index contributed by atoms with van der Waals surface area (Å²) in [6.07, 6.45) is 2.04. The van der Waals surface area contributed by atoms with Crippen LogP contribution in [-0.4, -0.2) is 76.6 Å². The van der Waals surface area contributed by atoms with Crippen LogP contribution in [-0.2, 0) is 9.53 Å². The number of amides is 1. The Hall–Kier alpha value is -2.58. The van der Waals surface area contributed by atoms with Crippen molar-refractivity contribution >= 4 is 17.5 Å². The Balaban J connectivity index is 1.45. The lowest BCUT2D eigenvalue weighted by Gasteiger charge is -2.35. The van der Waals surface area contributed by atoms with E-state index in [4.69, 9.17) is 9.72 Å². The van der Waals surface area contributed by atoms with E-state index in [1.54, 1.807) is 0 Å². The van der Waals surface area contributed by atoms with E-state index in [0.29, 0.717) is 25.7 Å². The number of anilines is 2. The number of hydrogen-bond acceptors (Lipinski definition) is 7. The van der Waals surface area contributed by atoms with Gasteiger partial charge in [0.25, 0.3) is 0 Å². The van der Waals surface area contributed by atoms with Gasteiger partial charge in [0.15, 0.2) is 0 Å². The van der Waals surface area contributed by atoms with E-state index in [1.807, 2.05) is 37.8 Å². The third-order valence-electron chi connectivity index (χ3n) is 5.87. The topological polar surface area (TPSA) is 83.5 Å². The lowest BCUT2D eigenvalue weighted by atomic mass is 9.93. The molecular weight excluding hydrogens is 392 g/mol. The highest BCUT2D eigenvalue weighted by Gasteiger charge is 2.27. The van der Waals surface area contributed by atoms with E-state index in [-0.39, 0.29) is 11.8 Å². The van der Waals surface area contributed by atoms with Gasteiger partial charge in [-0.3, -0.25) is 14.7 Å². The lowest BCUT2D eigenvalue weighted by Crippen LogP contribution is -2.47. The largest absolute Gasteiger partial charge is 0.379 e. The molecule has 166 valence electrons. The zero-order valence-corrected chi connectivity index (χ0v) is 18.7. The number of aromatic nitrogens is 3. The monoisotopic (exact) mass is 424 g/mol. The fourth-order valence-electron chi connectivity index (χ4n) is 4.38. The minimum absolute atomic E-state index is 0.209. The summed E-state index contributed by atoms with van der Waals surface area (Å²) in [4.78, 5) is 30.8. The first kappa shape index (κ1) is 21.6. The van der Waals surface area contributed by atoms with E-state index in [9.17, 15) is 4.79 Å². The molecule has 0 aromatic carbocycles. The number of pyridine rings is 1. The van der Waals surface area contributed by atoms with Crippen LogP contribution in [0.1, 0.15) is 41.5 Å². The van der Waals surface area contributed by atoms with Crippen LogP contribution in [0, 0.1) is 20.8 Å². The zero-order valence-electron chi connectivity index (χ0n) is 18.7. The molecule has 2 fully saturated rings. The summed E-state index contributed by atoms with van der Waals surface area (Å²) in [5.74, 6) is 1.05. The smallest absolute Gasteiger partial charge is 0.236 e. The number of morpholine rings is 1. The number of hydrogen-bond donors (Lipinski definition) is 1. The van der Waals surface area contributed by atoms with Gasteiger partial charge in [-0.1, -0.05) is 0 Å². The first-order chi connectivity index (χ1) is 15.0. The second kappa shape index (κ2) is 9.70. The number of piperidine rings is 1. The molecule has 2 aliphatic heterocycles. The van der Waals surface area contributed by atoms with Crippen LogP contribution >= 0.6 is 0 Å². The minimum Gasteiger partial charge on any atom is -0.379 e. The van der Waals surface area contributed by atoms with Gasteiger partial charge in [0, 0.05) is 60.6 Å². The predicted octanol–water partition coefficient (Wildman–Crippen LogP) is 2.58. The highest BCUT2D eigenvalue weighted by atomic mass is 16.5. The highest BCUT2D eigenvalue weighted by molar-refractivity contribution is 5.78. The molecule has 8 nitrogen and oxygen atoms in total.